The number of aliphatic hydroxyl groups excluding tert-OH is 1. The van der Waals surface area contributed by atoms with E-state index in [4.69, 9.17) is 5.73 Å². The highest BCUT2D eigenvalue weighted by atomic mass is 16.3. The van der Waals surface area contributed by atoms with Gasteiger partial charge in [0.05, 0.1) is 6.10 Å². The molecule has 1 heterocycles. The van der Waals surface area contributed by atoms with Crippen molar-refractivity contribution in [3.63, 3.8) is 0 Å². The van der Waals surface area contributed by atoms with E-state index in [1.807, 2.05) is 6.08 Å². The molecule has 0 saturated carbocycles. The maximum absolute atomic E-state index is 12.4. The number of unbranched alkanes of at least 4 members (excludes halogenated alkanes) is 4. The van der Waals surface area contributed by atoms with Gasteiger partial charge in [0, 0.05) is 19.9 Å². The Balaban J connectivity index is 2.49. The van der Waals surface area contributed by atoms with E-state index >= 15 is 0 Å². The molecule has 7 heteroatoms. The van der Waals surface area contributed by atoms with Crippen molar-refractivity contribution in [1.82, 2.24) is 10.2 Å². The first kappa shape index (κ1) is 20.2. The highest BCUT2D eigenvalue weighted by molar-refractivity contribution is 5.91. The van der Waals surface area contributed by atoms with Gasteiger partial charge in [-0.2, -0.15) is 0 Å². The molecule has 0 aromatic rings. The number of allylic oxidation sites excluding steroid dienone is 1. The van der Waals surface area contributed by atoms with E-state index in [1.165, 1.54) is 11.8 Å². The molecule has 136 valence electrons. The van der Waals surface area contributed by atoms with Crippen LogP contribution in [0.25, 0.3) is 0 Å². The van der Waals surface area contributed by atoms with Crippen molar-refractivity contribution in [1.29, 1.82) is 0 Å². The van der Waals surface area contributed by atoms with E-state index in [9.17, 15) is 19.5 Å². The van der Waals surface area contributed by atoms with Crippen LogP contribution in [0.2, 0.25) is 0 Å². The van der Waals surface area contributed by atoms with Gasteiger partial charge in [0.25, 0.3) is 0 Å². The van der Waals surface area contributed by atoms with Crippen LogP contribution in [-0.4, -0.2) is 52.5 Å². The number of aliphatic hydroxyl groups is 1. The smallest absolute Gasteiger partial charge is 0.243 e. The Morgan fingerprint density at radius 3 is 2.58 bits per heavy atom. The maximum Gasteiger partial charge on any atom is 0.243 e. The summed E-state index contributed by atoms with van der Waals surface area (Å²) in [4.78, 5) is 36.8. The molecule has 0 aliphatic carbocycles. The molecule has 7 nitrogen and oxygen atoms in total. The quantitative estimate of drug-likeness (QED) is 0.396. The van der Waals surface area contributed by atoms with Gasteiger partial charge >= 0.3 is 0 Å². The monoisotopic (exact) mass is 339 g/mol. The molecule has 24 heavy (non-hydrogen) atoms. The number of primary amides is 1. The molecule has 0 spiro atoms. The lowest BCUT2D eigenvalue weighted by Gasteiger charge is -2.24. The zero-order valence-corrected chi connectivity index (χ0v) is 14.4. The summed E-state index contributed by atoms with van der Waals surface area (Å²) in [6, 6.07) is -1.49. The van der Waals surface area contributed by atoms with Gasteiger partial charge in [0.2, 0.25) is 17.7 Å². The minimum Gasteiger partial charge on any atom is -0.391 e. The second-order valence-electron chi connectivity index (χ2n) is 6.32. The number of nitrogens with two attached hydrogens (primary N) is 1. The summed E-state index contributed by atoms with van der Waals surface area (Å²) < 4.78 is 0. The van der Waals surface area contributed by atoms with Gasteiger partial charge in [-0.15, -0.1) is 6.58 Å². The molecule has 1 fully saturated rings. The summed E-state index contributed by atoms with van der Waals surface area (Å²) >= 11 is 0. The van der Waals surface area contributed by atoms with E-state index in [1.54, 1.807) is 0 Å². The highest BCUT2D eigenvalue weighted by Crippen LogP contribution is 2.18. The van der Waals surface area contributed by atoms with Crippen molar-refractivity contribution in [2.24, 2.45) is 5.73 Å². The zero-order chi connectivity index (χ0) is 18.1. The van der Waals surface area contributed by atoms with Crippen LogP contribution in [0.3, 0.4) is 0 Å². The number of hydrogen-bond donors (Lipinski definition) is 3. The molecule has 4 N–H and O–H groups in total. The minimum absolute atomic E-state index is 0.137. The normalized spacial score (nSPS) is 21.3. The fraction of sp³-hybridized carbons (Fsp3) is 0.706. The van der Waals surface area contributed by atoms with Gasteiger partial charge in [0.1, 0.15) is 12.1 Å². The topological polar surface area (TPSA) is 113 Å². The number of rotatable bonds is 10. The summed E-state index contributed by atoms with van der Waals surface area (Å²) in [7, 11) is 0. The first-order chi connectivity index (χ1) is 11.4. The fourth-order valence-corrected chi connectivity index (χ4v) is 2.95. The van der Waals surface area contributed by atoms with Crippen LogP contribution < -0.4 is 11.1 Å². The molecule has 1 aliphatic rings. The van der Waals surface area contributed by atoms with Crippen molar-refractivity contribution in [3.05, 3.63) is 12.7 Å². The third-order valence-corrected chi connectivity index (χ3v) is 4.30. The van der Waals surface area contributed by atoms with Crippen LogP contribution in [0.5, 0.6) is 0 Å². The molecule has 1 aliphatic heterocycles. The molecule has 0 aromatic heterocycles. The molecular weight excluding hydrogens is 310 g/mol. The molecule has 1 saturated heterocycles. The van der Waals surface area contributed by atoms with E-state index in [0.29, 0.717) is 6.42 Å². The lowest BCUT2D eigenvalue weighted by atomic mass is 10.0. The van der Waals surface area contributed by atoms with Gasteiger partial charge < -0.3 is 21.1 Å². The Morgan fingerprint density at radius 2 is 2.00 bits per heavy atom. The highest BCUT2D eigenvalue weighted by Gasteiger charge is 2.38. The van der Waals surface area contributed by atoms with Crippen LogP contribution in [0.1, 0.15) is 51.9 Å². The largest absolute Gasteiger partial charge is 0.391 e. The molecule has 0 radical (unpaired) electrons. The van der Waals surface area contributed by atoms with Gasteiger partial charge in [-0.05, 0) is 19.3 Å². The number of nitrogens with zero attached hydrogens (tertiary/aromatic N) is 1. The lowest BCUT2D eigenvalue weighted by Crippen LogP contribution is -2.51. The fourth-order valence-electron chi connectivity index (χ4n) is 2.95. The second kappa shape index (κ2) is 10.1. The molecule has 0 bridgehead atoms. The SMILES string of the molecule is C=CCCCCCC[C@H](NC(=O)[C@@H]1C[C@@H](O)CN1C(C)=O)C(N)=O. The average Bonchev–Trinajstić information content (AvgIpc) is 2.91. The average molecular weight is 339 g/mol. The summed E-state index contributed by atoms with van der Waals surface area (Å²) in [5.41, 5.74) is 5.37. The zero-order valence-electron chi connectivity index (χ0n) is 14.4. The molecule has 3 amide bonds. The van der Waals surface area contributed by atoms with Crippen LogP contribution >= 0.6 is 0 Å². The number of amides is 3. The van der Waals surface area contributed by atoms with E-state index in [0.717, 1.165) is 32.1 Å². The van der Waals surface area contributed by atoms with Crippen LogP contribution in [-0.2, 0) is 14.4 Å². The van der Waals surface area contributed by atoms with Gasteiger partial charge in [-0.25, -0.2) is 0 Å². The Labute approximate surface area is 143 Å². The van der Waals surface area contributed by atoms with Crippen molar-refractivity contribution in [2.45, 2.75) is 70.1 Å². The second-order valence-corrected chi connectivity index (χ2v) is 6.32. The van der Waals surface area contributed by atoms with E-state index < -0.39 is 30.0 Å². The Kier molecular flexibility index (Phi) is 8.46. The van der Waals surface area contributed by atoms with Crippen molar-refractivity contribution < 1.29 is 19.5 Å². The Hall–Kier alpha value is -1.89. The maximum atomic E-state index is 12.4. The third-order valence-electron chi connectivity index (χ3n) is 4.30. The lowest BCUT2D eigenvalue weighted by molar-refractivity contribution is -0.138. The summed E-state index contributed by atoms with van der Waals surface area (Å²) in [6.07, 6.45) is 6.63. The number of carbonyl (C=O) groups excluding carboxylic acids is 3. The number of β-amino-alcohol motifs (C(OH)–C–C–N with tert-alkyl or cyclic N) is 1. The minimum atomic E-state index is -0.747. The molecule has 0 unspecified atom stereocenters. The van der Waals surface area contributed by atoms with Crippen LogP contribution in [0, 0.1) is 0 Å². The number of likely N-dealkylation sites (tertiary alicyclic amines) is 1. The van der Waals surface area contributed by atoms with Gasteiger partial charge in [-0.1, -0.05) is 25.3 Å². The van der Waals surface area contributed by atoms with Crippen molar-refractivity contribution in [2.75, 3.05) is 6.54 Å². The summed E-state index contributed by atoms with van der Waals surface area (Å²) in [5, 5.41) is 12.3. The molecule has 0 aromatic carbocycles. The van der Waals surface area contributed by atoms with E-state index in [-0.39, 0.29) is 18.9 Å². The van der Waals surface area contributed by atoms with Gasteiger partial charge in [0.15, 0.2) is 0 Å². The first-order valence-electron chi connectivity index (χ1n) is 8.52. The van der Waals surface area contributed by atoms with Crippen LogP contribution in [0.15, 0.2) is 12.7 Å². The van der Waals surface area contributed by atoms with E-state index in [2.05, 4.69) is 11.9 Å². The molecule has 3 atom stereocenters. The summed E-state index contributed by atoms with van der Waals surface area (Å²) in [5.74, 6) is -1.29. The van der Waals surface area contributed by atoms with Gasteiger partial charge in [-0.3, -0.25) is 14.4 Å². The van der Waals surface area contributed by atoms with Crippen molar-refractivity contribution >= 4 is 17.7 Å². The Morgan fingerprint density at radius 1 is 1.33 bits per heavy atom. The predicted molar refractivity (Wildman–Crippen MR) is 90.8 cm³/mol. The Bertz CT molecular complexity index is 467. The number of carbonyl (C=O) groups is 3. The first-order valence-corrected chi connectivity index (χ1v) is 8.52. The van der Waals surface area contributed by atoms with Crippen molar-refractivity contribution in [3.8, 4) is 0 Å². The third kappa shape index (κ3) is 6.31. The standard InChI is InChI=1S/C17H29N3O4/c1-3-4-5-6-7-8-9-14(16(18)23)19-17(24)15-10-13(22)11-20(15)12(2)21/h3,13-15,22H,1,4-11H2,2H3,(H2,18,23)(H,19,24)/t13-,14+,15+/m1/s1. The number of hydrogen-bond acceptors (Lipinski definition) is 4. The predicted octanol–water partition coefficient (Wildman–Crippen LogP) is 0.465. The molecular formula is C17H29N3O4. The molecule has 1 rings (SSSR count). The summed E-state index contributed by atoms with van der Waals surface area (Å²) in [6.45, 7) is 5.16. The number of nitrogens with one attached hydrogen (secondary N) is 1. The van der Waals surface area contributed by atoms with Crippen LogP contribution in [0.4, 0.5) is 0 Å².